The Morgan fingerprint density at radius 3 is 2.38 bits per heavy atom. The zero-order valence-corrected chi connectivity index (χ0v) is 22.4. The van der Waals surface area contributed by atoms with Gasteiger partial charge in [0.15, 0.2) is 0 Å². The zero-order chi connectivity index (χ0) is 28.4. The van der Waals surface area contributed by atoms with E-state index in [-0.39, 0.29) is 60.4 Å². The van der Waals surface area contributed by atoms with E-state index in [1.165, 1.54) is 0 Å². The van der Waals surface area contributed by atoms with Crippen molar-refractivity contribution in [1.29, 1.82) is 0 Å². The largest absolute Gasteiger partial charge is 0.416 e. The smallest absolute Gasteiger partial charge is 0.379 e. The number of carbonyl (C=O) groups excluding carboxylic acids is 1. The zero-order valence-electron chi connectivity index (χ0n) is 22.4. The summed E-state index contributed by atoms with van der Waals surface area (Å²) >= 11 is 0. The van der Waals surface area contributed by atoms with Gasteiger partial charge in [0.25, 0.3) is 0 Å². The minimum absolute atomic E-state index is 0.0325. The highest BCUT2D eigenvalue weighted by Gasteiger charge is 2.59. The number of likely N-dealkylation sites (tertiary alicyclic amines) is 1. The van der Waals surface area contributed by atoms with Gasteiger partial charge in [-0.2, -0.15) is 26.3 Å². The van der Waals surface area contributed by atoms with Gasteiger partial charge < -0.3 is 24.6 Å². The van der Waals surface area contributed by atoms with Crippen LogP contribution in [0.4, 0.5) is 32.0 Å². The molecule has 40 heavy (non-hydrogen) atoms. The number of rotatable bonds is 5. The van der Waals surface area contributed by atoms with Gasteiger partial charge >= 0.3 is 12.4 Å². The van der Waals surface area contributed by atoms with E-state index in [0.717, 1.165) is 50.7 Å². The molecule has 12 heteroatoms. The molecule has 1 amide bonds. The highest BCUT2D eigenvalue weighted by atomic mass is 19.4. The molecule has 1 aromatic carbocycles. The van der Waals surface area contributed by atoms with Crippen LogP contribution in [0.1, 0.15) is 56.1 Å². The summed E-state index contributed by atoms with van der Waals surface area (Å²) < 4.78 is 91.8. The van der Waals surface area contributed by atoms with Crippen molar-refractivity contribution in [2.45, 2.75) is 87.6 Å². The molecule has 3 heterocycles. The van der Waals surface area contributed by atoms with Gasteiger partial charge in [0.05, 0.1) is 35.3 Å². The van der Waals surface area contributed by atoms with Gasteiger partial charge in [-0.25, -0.2) is 0 Å². The minimum atomic E-state index is -4.89. The highest BCUT2D eigenvalue weighted by molar-refractivity contribution is 5.85. The quantitative estimate of drug-likeness (QED) is 0.509. The van der Waals surface area contributed by atoms with Crippen LogP contribution in [0.25, 0.3) is 0 Å². The van der Waals surface area contributed by atoms with E-state index >= 15 is 0 Å². The SMILES string of the molecule is CO[C@@H]1COCC[C@@H]1N[C@@H]1C[C@H]2CCC[C@@]2(C(=O)N2C[C@@H]3C[C@H]2CN3c2cc(C(F)(F)F)cc(C(F)(F)F)c2)C1. The Balaban J connectivity index is 1.17. The van der Waals surface area contributed by atoms with Gasteiger partial charge in [-0.05, 0) is 62.6 Å². The maximum Gasteiger partial charge on any atom is 0.416 e. The lowest BCUT2D eigenvalue weighted by Gasteiger charge is -2.41. The maximum absolute atomic E-state index is 14.2. The van der Waals surface area contributed by atoms with Crippen molar-refractivity contribution >= 4 is 11.6 Å². The third-order valence-electron chi connectivity index (χ3n) is 10.0. The molecule has 7 atom stereocenters. The minimum Gasteiger partial charge on any atom is -0.379 e. The van der Waals surface area contributed by atoms with Gasteiger partial charge in [-0.1, -0.05) is 6.42 Å². The van der Waals surface area contributed by atoms with E-state index in [1.807, 2.05) is 4.90 Å². The van der Waals surface area contributed by atoms with Crippen molar-refractivity contribution < 1.29 is 40.6 Å². The monoisotopic (exact) mass is 575 g/mol. The Kier molecular flexibility index (Phi) is 7.05. The first-order chi connectivity index (χ1) is 18.9. The second kappa shape index (κ2) is 10.0. The Morgan fingerprint density at radius 1 is 1.02 bits per heavy atom. The summed E-state index contributed by atoms with van der Waals surface area (Å²) in [6, 6.07) is 1.58. The summed E-state index contributed by atoms with van der Waals surface area (Å²) in [4.78, 5) is 17.7. The molecule has 0 unspecified atom stereocenters. The topological polar surface area (TPSA) is 54.0 Å². The molecule has 5 aliphatic rings. The molecule has 0 radical (unpaired) electrons. The van der Waals surface area contributed by atoms with Gasteiger partial charge in [0.1, 0.15) is 0 Å². The Labute approximate surface area is 229 Å². The van der Waals surface area contributed by atoms with Gasteiger partial charge in [0.2, 0.25) is 5.91 Å². The molecular weight excluding hydrogens is 540 g/mol. The normalized spacial score (nSPS) is 36.0. The number of nitrogens with one attached hydrogen (secondary N) is 1. The molecule has 2 saturated carbocycles. The van der Waals surface area contributed by atoms with Crippen molar-refractivity contribution in [3.05, 3.63) is 29.3 Å². The molecule has 3 aliphatic heterocycles. The lowest BCUT2D eigenvalue weighted by atomic mass is 9.78. The van der Waals surface area contributed by atoms with Crippen molar-refractivity contribution in [2.75, 3.05) is 38.3 Å². The molecule has 0 aromatic heterocycles. The molecule has 0 spiro atoms. The molecule has 222 valence electrons. The van der Waals surface area contributed by atoms with Gasteiger partial charge in [0, 0.05) is 50.6 Å². The number of anilines is 1. The number of hydrogen-bond acceptors (Lipinski definition) is 5. The van der Waals surface area contributed by atoms with Crippen LogP contribution in [0.5, 0.6) is 0 Å². The lowest BCUT2D eigenvalue weighted by Crippen LogP contribution is -2.54. The molecule has 5 fully saturated rings. The van der Waals surface area contributed by atoms with Crippen LogP contribution in [0.2, 0.25) is 0 Å². The van der Waals surface area contributed by atoms with E-state index in [4.69, 9.17) is 9.47 Å². The number of hydrogen-bond donors (Lipinski definition) is 1. The van der Waals surface area contributed by atoms with Crippen LogP contribution in [-0.4, -0.2) is 74.5 Å². The number of halogens is 6. The average Bonchev–Trinajstić information content (AvgIpc) is 3.67. The number of benzene rings is 1. The molecule has 3 saturated heterocycles. The predicted molar refractivity (Wildman–Crippen MR) is 134 cm³/mol. The fourth-order valence-corrected chi connectivity index (χ4v) is 8.18. The highest BCUT2D eigenvalue weighted by Crippen LogP contribution is 2.56. The number of alkyl halides is 6. The number of piperazine rings is 1. The van der Waals surface area contributed by atoms with Crippen LogP contribution < -0.4 is 10.2 Å². The molecule has 6 rings (SSSR count). The first kappa shape index (κ1) is 28.1. The summed E-state index contributed by atoms with van der Waals surface area (Å²) in [5.74, 6) is 0.383. The number of amides is 1. The van der Waals surface area contributed by atoms with E-state index < -0.39 is 28.9 Å². The Bertz CT molecular complexity index is 1100. The lowest BCUT2D eigenvalue weighted by molar-refractivity contribution is -0.145. The molecular formula is C28H35F6N3O3. The van der Waals surface area contributed by atoms with Crippen LogP contribution in [0.15, 0.2) is 18.2 Å². The summed E-state index contributed by atoms with van der Waals surface area (Å²) in [5, 5.41) is 3.75. The van der Waals surface area contributed by atoms with Crippen molar-refractivity contribution in [2.24, 2.45) is 11.3 Å². The predicted octanol–water partition coefficient (Wildman–Crippen LogP) is 4.86. The summed E-state index contributed by atoms with van der Waals surface area (Å²) in [7, 11) is 1.68. The molecule has 1 aromatic rings. The third-order valence-corrected chi connectivity index (χ3v) is 10.0. The Morgan fingerprint density at radius 2 is 1.75 bits per heavy atom. The standard InChI is InChI=1S/C28H35F6N3O3/c1-39-24-15-40-6-4-23(24)35-19-8-16-3-2-5-26(16,12-19)25(38)37-14-21-11-22(37)13-36(21)20-9-17(27(29,30)31)7-18(10-20)28(32,33)34/h7,9-10,16,19,21-24,35H,2-6,8,11-15H2,1H3/t16-,19-,21+,22+,23+,24-,26-/m1/s1. The molecule has 6 nitrogen and oxygen atoms in total. The first-order valence-corrected chi connectivity index (χ1v) is 14.1. The van der Waals surface area contributed by atoms with Crippen LogP contribution in [0, 0.1) is 11.3 Å². The van der Waals surface area contributed by atoms with Gasteiger partial charge in [-0.3, -0.25) is 4.79 Å². The van der Waals surface area contributed by atoms with E-state index in [0.29, 0.717) is 26.2 Å². The second-order valence-corrected chi connectivity index (χ2v) is 12.2. The Hall–Kier alpha value is -2.05. The van der Waals surface area contributed by atoms with Gasteiger partial charge in [-0.15, -0.1) is 0 Å². The van der Waals surface area contributed by atoms with E-state index in [2.05, 4.69) is 5.32 Å². The number of carbonyl (C=O) groups is 1. The second-order valence-electron chi connectivity index (χ2n) is 12.2. The summed E-state index contributed by atoms with van der Waals surface area (Å²) in [6.07, 6.45) is -3.98. The summed E-state index contributed by atoms with van der Waals surface area (Å²) in [6.45, 7) is 1.76. The van der Waals surface area contributed by atoms with E-state index in [1.54, 1.807) is 12.0 Å². The first-order valence-electron chi connectivity index (χ1n) is 14.1. The average molecular weight is 576 g/mol. The number of ether oxygens (including phenoxy) is 2. The summed E-state index contributed by atoms with van der Waals surface area (Å²) in [5.41, 5.74) is -3.18. The molecule has 1 N–H and O–H groups in total. The fourth-order valence-electron chi connectivity index (χ4n) is 8.18. The van der Waals surface area contributed by atoms with Crippen molar-refractivity contribution in [3.63, 3.8) is 0 Å². The van der Waals surface area contributed by atoms with E-state index in [9.17, 15) is 31.1 Å². The third kappa shape index (κ3) is 4.87. The van der Waals surface area contributed by atoms with Crippen molar-refractivity contribution in [3.8, 4) is 0 Å². The van der Waals surface area contributed by atoms with Crippen LogP contribution >= 0.6 is 0 Å². The molecule has 2 aliphatic carbocycles. The van der Waals surface area contributed by atoms with Crippen molar-refractivity contribution in [1.82, 2.24) is 10.2 Å². The maximum atomic E-state index is 14.2. The number of methoxy groups -OCH3 is 1. The number of fused-ring (bicyclic) bond motifs is 3. The van der Waals surface area contributed by atoms with Crippen LogP contribution in [0.3, 0.4) is 0 Å². The number of nitrogens with zero attached hydrogens (tertiary/aromatic N) is 2. The molecule has 2 bridgehead atoms. The van der Waals surface area contributed by atoms with Crippen LogP contribution in [-0.2, 0) is 26.6 Å². The fraction of sp³-hybridized carbons (Fsp3) is 0.750.